The van der Waals surface area contributed by atoms with Crippen LogP contribution in [0.4, 0.5) is 13.2 Å². The van der Waals surface area contributed by atoms with Crippen molar-refractivity contribution in [3.63, 3.8) is 0 Å². The summed E-state index contributed by atoms with van der Waals surface area (Å²) in [7, 11) is 0. The van der Waals surface area contributed by atoms with Crippen LogP contribution < -0.4 is 4.74 Å². The topological polar surface area (TPSA) is 35.5 Å². The minimum absolute atomic E-state index is 0.151. The Hall–Kier alpha value is -1.72. The average Bonchev–Trinajstić information content (AvgIpc) is 2.26. The fourth-order valence-corrected chi connectivity index (χ4v) is 1.52. The van der Waals surface area contributed by atoms with Crippen LogP contribution in [0, 0.1) is 0 Å². The lowest BCUT2D eigenvalue weighted by Gasteiger charge is -2.17. The molecule has 0 atom stereocenters. The molecule has 0 heterocycles. The van der Waals surface area contributed by atoms with Crippen LogP contribution in [0.2, 0.25) is 0 Å². The van der Waals surface area contributed by atoms with Crippen molar-refractivity contribution in [1.29, 1.82) is 0 Å². The van der Waals surface area contributed by atoms with Crippen molar-refractivity contribution in [2.45, 2.75) is 46.1 Å². The highest BCUT2D eigenvalue weighted by Crippen LogP contribution is 2.37. The monoisotopic (exact) mass is 290 g/mol. The lowest BCUT2D eigenvalue weighted by atomic mass is 10.1. The van der Waals surface area contributed by atoms with Crippen molar-refractivity contribution in [3.8, 4) is 5.75 Å². The summed E-state index contributed by atoms with van der Waals surface area (Å²) in [4.78, 5) is 11.6. The Labute approximate surface area is 115 Å². The first kappa shape index (κ1) is 16.3. The Bertz CT molecular complexity index is 479. The SMILES string of the molecule is CC(C)OC(=O)c1ccc(OC(C)C)c(C(F)(F)F)c1. The summed E-state index contributed by atoms with van der Waals surface area (Å²) in [6.45, 7) is 6.50. The van der Waals surface area contributed by atoms with Crippen LogP contribution in [-0.2, 0) is 10.9 Å². The molecule has 20 heavy (non-hydrogen) atoms. The standard InChI is InChI=1S/C14H17F3O3/c1-8(2)19-12-6-5-10(13(18)20-9(3)4)7-11(12)14(15,16)17/h5-9H,1-4H3. The van der Waals surface area contributed by atoms with Gasteiger partial charge in [-0.3, -0.25) is 0 Å². The summed E-state index contributed by atoms with van der Waals surface area (Å²) < 4.78 is 48.9. The third-order valence-electron chi connectivity index (χ3n) is 2.23. The van der Waals surface area contributed by atoms with Gasteiger partial charge in [0, 0.05) is 0 Å². The van der Waals surface area contributed by atoms with Crippen LogP contribution in [0.3, 0.4) is 0 Å². The normalized spacial score (nSPS) is 11.8. The Kier molecular flexibility index (Phi) is 5.03. The van der Waals surface area contributed by atoms with E-state index in [1.54, 1.807) is 27.7 Å². The quantitative estimate of drug-likeness (QED) is 0.784. The molecule has 0 saturated heterocycles. The lowest BCUT2D eigenvalue weighted by Crippen LogP contribution is -2.16. The summed E-state index contributed by atoms with van der Waals surface area (Å²) in [5.74, 6) is -1.09. The van der Waals surface area contributed by atoms with Gasteiger partial charge < -0.3 is 9.47 Å². The highest BCUT2D eigenvalue weighted by molar-refractivity contribution is 5.90. The molecule has 3 nitrogen and oxygen atoms in total. The summed E-state index contributed by atoms with van der Waals surface area (Å²) in [6.07, 6.45) is -5.40. The lowest BCUT2D eigenvalue weighted by molar-refractivity contribution is -0.139. The third kappa shape index (κ3) is 4.43. The van der Waals surface area contributed by atoms with Gasteiger partial charge in [0.05, 0.1) is 23.3 Å². The smallest absolute Gasteiger partial charge is 0.419 e. The molecule has 6 heteroatoms. The molecule has 0 saturated carbocycles. The van der Waals surface area contributed by atoms with Crippen molar-refractivity contribution in [2.24, 2.45) is 0 Å². The zero-order valence-electron chi connectivity index (χ0n) is 11.7. The predicted octanol–water partition coefficient (Wildman–Crippen LogP) is 4.06. The fraction of sp³-hybridized carbons (Fsp3) is 0.500. The molecule has 0 fully saturated rings. The van der Waals surface area contributed by atoms with E-state index in [2.05, 4.69) is 0 Å². The molecule has 0 radical (unpaired) electrons. The second-order valence-electron chi connectivity index (χ2n) is 4.83. The zero-order chi connectivity index (χ0) is 15.5. The molecule has 0 aliphatic carbocycles. The van der Waals surface area contributed by atoms with Crippen molar-refractivity contribution >= 4 is 5.97 Å². The summed E-state index contributed by atoms with van der Waals surface area (Å²) in [6, 6.07) is 3.15. The molecular formula is C14H17F3O3. The molecule has 112 valence electrons. The van der Waals surface area contributed by atoms with E-state index in [-0.39, 0.29) is 11.3 Å². The molecule has 1 aromatic rings. The number of hydrogen-bond donors (Lipinski definition) is 0. The Morgan fingerprint density at radius 1 is 1.10 bits per heavy atom. The second kappa shape index (κ2) is 6.15. The molecule has 0 bridgehead atoms. The zero-order valence-corrected chi connectivity index (χ0v) is 11.7. The van der Waals surface area contributed by atoms with Crippen molar-refractivity contribution in [3.05, 3.63) is 29.3 Å². The van der Waals surface area contributed by atoms with Crippen LogP contribution >= 0.6 is 0 Å². The maximum absolute atomic E-state index is 13.0. The first-order chi connectivity index (χ1) is 9.11. The van der Waals surface area contributed by atoms with Crippen LogP contribution in [0.5, 0.6) is 5.75 Å². The largest absolute Gasteiger partial charge is 0.490 e. The first-order valence-electron chi connectivity index (χ1n) is 6.20. The van der Waals surface area contributed by atoms with Crippen LogP contribution in [0.1, 0.15) is 43.6 Å². The van der Waals surface area contributed by atoms with Gasteiger partial charge in [-0.1, -0.05) is 0 Å². The third-order valence-corrected chi connectivity index (χ3v) is 2.23. The molecular weight excluding hydrogens is 273 g/mol. The van der Waals surface area contributed by atoms with Crippen LogP contribution in [-0.4, -0.2) is 18.2 Å². The van der Waals surface area contributed by atoms with E-state index in [1.807, 2.05) is 0 Å². The highest BCUT2D eigenvalue weighted by Gasteiger charge is 2.35. The van der Waals surface area contributed by atoms with Crippen molar-refractivity contribution in [1.82, 2.24) is 0 Å². The number of halogens is 3. The Balaban J connectivity index is 3.17. The molecule has 0 aliphatic rings. The fourth-order valence-electron chi connectivity index (χ4n) is 1.52. The van der Waals surface area contributed by atoms with Gasteiger partial charge in [0.1, 0.15) is 5.75 Å². The molecule has 0 aliphatic heterocycles. The minimum Gasteiger partial charge on any atom is -0.490 e. The van der Waals surface area contributed by atoms with E-state index in [9.17, 15) is 18.0 Å². The summed E-state index contributed by atoms with van der Waals surface area (Å²) in [5.41, 5.74) is -1.13. The number of carbonyl (C=O) groups is 1. The molecule has 1 rings (SSSR count). The Morgan fingerprint density at radius 3 is 2.15 bits per heavy atom. The van der Waals surface area contributed by atoms with E-state index in [4.69, 9.17) is 9.47 Å². The maximum atomic E-state index is 13.0. The van der Waals surface area contributed by atoms with Crippen LogP contribution in [0.15, 0.2) is 18.2 Å². The van der Waals surface area contributed by atoms with Gasteiger partial charge in [0.15, 0.2) is 0 Å². The number of carbonyl (C=O) groups excluding carboxylic acids is 1. The number of esters is 1. The highest BCUT2D eigenvalue weighted by atomic mass is 19.4. The van der Waals surface area contributed by atoms with E-state index >= 15 is 0 Å². The van der Waals surface area contributed by atoms with Gasteiger partial charge in [0.2, 0.25) is 0 Å². The van der Waals surface area contributed by atoms with E-state index in [1.165, 1.54) is 6.07 Å². The minimum atomic E-state index is -4.60. The molecule has 1 aromatic carbocycles. The number of alkyl halides is 3. The maximum Gasteiger partial charge on any atom is 0.419 e. The van der Waals surface area contributed by atoms with Crippen LogP contribution in [0.25, 0.3) is 0 Å². The first-order valence-corrected chi connectivity index (χ1v) is 6.20. The number of ether oxygens (including phenoxy) is 2. The molecule has 0 aromatic heterocycles. The molecule has 0 amide bonds. The average molecular weight is 290 g/mol. The number of benzene rings is 1. The van der Waals surface area contributed by atoms with Gasteiger partial charge in [-0.2, -0.15) is 13.2 Å². The van der Waals surface area contributed by atoms with Gasteiger partial charge in [0.25, 0.3) is 0 Å². The van der Waals surface area contributed by atoms with Gasteiger partial charge >= 0.3 is 12.1 Å². The van der Waals surface area contributed by atoms with Gasteiger partial charge in [-0.25, -0.2) is 4.79 Å². The molecule has 0 N–H and O–H groups in total. The molecule has 0 unspecified atom stereocenters. The van der Waals surface area contributed by atoms with Crippen molar-refractivity contribution < 1.29 is 27.4 Å². The second-order valence-corrected chi connectivity index (χ2v) is 4.83. The predicted molar refractivity (Wildman–Crippen MR) is 67.8 cm³/mol. The van der Waals surface area contributed by atoms with Crippen molar-refractivity contribution in [2.75, 3.05) is 0 Å². The summed E-state index contributed by atoms with van der Waals surface area (Å²) >= 11 is 0. The number of hydrogen-bond acceptors (Lipinski definition) is 3. The van der Waals surface area contributed by atoms with E-state index in [0.29, 0.717) is 0 Å². The van der Waals surface area contributed by atoms with Gasteiger partial charge in [-0.15, -0.1) is 0 Å². The van der Waals surface area contributed by atoms with E-state index < -0.39 is 29.9 Å². The number of rotatable bonds is 4. The summed E-state index contributed by atoms with van der Waals surface area (Å²) in [5, 5.41) is 0. The Morgan fingerprint density at radius 2 is 1.70 bits per heavy atom. The molecule has 0 spiro atoms. The van der Waals surface area contributed by atoms with Gasteiger partial charge in [-0.05, 0) is 45.9 Å². The van der Waals surface area contributed by atoms with E-state index in [0.717, 1.165) is 12.1 Å².